The van der Waals surface area contributed by atoms with Crippen LogP contribution in [0.25, 0.3) is 0 Å². The minimum Gasteiger partial charge on any atom is -0.424 e. The van der Waals surface area contributed by atoms with Crippen molar-refractivity contribution < 1.29 is 8.23 Å². The highest BCUT2D eigenvalue weighted by atomic mass is 28.4. The first-order chi connectivity index (χ1) is 22.0. The molecule has 0 heterocycles. The average molecular weight is 635 g/mol. The predicted octanol–water partition coefficient (Wildman–Crippen LogP) is 5.12. The molecule has 0 spiro atoms. The second-order valence-electron chi connectivity index (χ2n) is 11.6. The monoisotopic (exact) mass is 634 g/mol. The molecule has 0 fully saturated rings. The van der Waals surface area contributed by atoms with Gasteiger partial charge in [0.25, 0.3) is 16.6 Å². The molecule has 0 atom stereocenters. The van der Waals surface area contributed by atoms with Crippen molar-refractivity contribution in [2.45, 2.75) is 27.7 Å². The Labute approximate surface area is 272 Å². The van der Waals surface area contributed by atoms with E-state index in [0.717, 1.165) is 0 Å². The van der Waals surface area contributed by atoms with Crippen LogP contribution in [0.1, 0.15) is 22.3 Å². The Morgan fingerprint density at radius 1 is 0.378 bits per heavy atom. The van der Waals surface area contributed by atoms with Crippen molar-refractivity contribution >= 4 is 57.8 Å². The fourth-order valence-electron chi connectivity index (χ4n) is 6.42. The van der Waals surface area contributed by atoms with Gasteiger partial charge in [-0.15, -0.1) is 0 Å². The van der Waals surface area contributed by atoms with E-state index in [4.69, 9.17) is 8.23 Å². The summed E-state index contributed by atoms with van der Waals surface area (Å²) >= 11 is 0. The molecule has 0 N–H and O–H groups in total. The zero-order valence-electron chi connectivity index (χ0n) is 26.3. The quantitative estimate of drug-likeness (QED) is 0.154. The molecule has 0 aliphatic heterocycles. The lowest BCUT2D eigenvalue weighted by molar-refractivity contribution is 0.474. The molecular formula is C40H38O2Si3. The summed E-state index contributed by atoms with van der Waals surface area (Å²) in [7, 11) is -6.21. The van der Waals surface area contributed by atoms with E-state index in [1.165, 1.54) is 53.4 Å². The molecule has 6 aromatic rings. The smallest absolute Gasteiger partial charge is 0.411 e. The van der Waals surface area contributed by atoms with Gasteiger partial charge in [0.2, 0.25) is 0 Å². The third-order valence-corrected chi connectivity index (χ3v) is 19.3. The molecule has 0 aliphatic rings. The largest absolute Gasteiger partial charge is 0.424 e. The molecule has 0 saturated heterocycles. The van der Waals surface area contributed by atoms with Gasteiger partial charge < -0.3 is 8.23 Å². The van der Waals surface area contributed by atoms with E-state index in [2.05, 4.69) is 185 Å². The summed E-state index contributed by atoms with van der Waals surface area (Å²) in [5.41, 5.74) is 5.23. The lowest BCUT2D eigenvalue weighted by Gasteiger charge is -2.37. The maximum absolute atomic E-state index is 7.52. The van der Waals surface area contributed by atoms with Crippen molar-refractivity contribution in [2.24, 2.45) is 0 Å². The summed E-state index contributed by atoms with van der Waals surface area (Å²) in [4.78, 5) is 0. The first-order valence-electron chi connectivity index (χ1n) is 15.4. The van der Waals surface area contributed by atoms with Gasteiger partial charge in [-0.1, -0.05) is 158 Å². The SMILES string of the molecule is Cc1cc([Si](O[Si]O[Si](c2ccccc2)(c2ccccc2)c2ccccc2)(c2ccccc2)c2ccccc2)c(C)c(C)c1C. The van der Waals surface area contributed by atoms with Crippen molar-refractivity contribution in [3.63, 3.8) is 0 Å². The Morgan fingerprint density at radius 3 is 1.04 bits per heavy atom. The second-order valence-corrected chi connectivity index (χ2v) is 19.5. The minimum atomic E-state index is -3.05. The molecule has 5 heteroatoms. The third kappa shape index (κ3) is 5.74. The standard InChI is InChI=1S/C40H38O2Si3/c1-31-30-40(34(4)33(3)32(31)2)45(38-26-16-8-17-27-38,39-28-18-9-19-29-39)42-43-41-44(35-20-10-5-11-21-35,36-22-12-6-13-23-36)37-24-14-7-15-25-37/h5-30H,1-4H3. The minimum absolute atomic E-state index is 0.201. The summed E-state index contributed by atoms with van der Waals surface area (Å²) in [5, 5.41) is 7.30. The first-order valence-corrected chi connectivity index (χ1v) is 20.1. The Hall–Kier alpha value is -4.11. The van der Waals surface area contributed by atoms with Gasteiger partial charge in [-0.25, -0.2) is 0 Å². The molecule has 45 heavy (non-hydrogen) atoms. The molecular weight excluding hydrogens is 597 g/mol. The van der Waals surface area contributed by atoms with E-state index in [9.17, 15) is 0 Å². The van der Waals surface area contributed by atoms with Crippen LogP contribution in [0.5, 0.6) is 0 Å². The molecule has 0 saturated carbocycles. The van der Waals surface area contributed by atoms with Gasteiger partial charge in [0.05, 0.1) is 0 Å². The van der Waals surface area contributed by atoms with Gasteiger partial charge in [-0.3, -0.25) is 0 Å². The van der Waals surface area contributed by atoms with Gasteiger partial charge in [0.15, 0.2) is 0 Å². The number of hydrogen-bond donors (Lipinski definition) is 0. The summed E-state index contributed by atoms with van der Waals surface area (Å²) in [6.07, 6.45) is 0. The van der Waals surface area contributed by atoms with E-state index >= 15 is 0 Å². The van der Waals surface area contributed by atoms with E-state index < -0.39 is 16.6 Å². The molecule has 0 amide bonds. The second kappa shape index (κ2) is 13.5. The summed E-state index contributed by atoms with van der Waals surface area (Å²) < 4.78 is 14.9. The molecule has 6 rings (SSSR count). The average Bonchev–Trinajstić information content (AvgIpc) is 3.11. The molecule has 6 aromatic carbocycles. The topological polar surface area (TPSA) is 18.5 Å². The molecule has 0 bridgehead atoms. The van der Waals surface area contributed by atoms with E-state index in [1.54, 1.807) is 0 Å². The highest BCUT2D eigenvalue weighted by molar-refractivity contribution is 7.11. The Morgan fingerprint density at radius 2 is 0.689 bits per heavy atom. The number of aryl methyl sites for hydroxylation is 1. The molecule has 0 unspecified atom stereocenters. The fraction of sp³-hybridized carbons (Fsp3) is 0.100. The fourth-order valence-corrected chi connectivity index (χ4v) is 17.2. The molecule has 0 aromatic heterocycles. The number of rotatable bonds is 10. The maximum atomic E-state index is 7.52. The van der Waals surface area contributed by atoms with E-state index in [-0.39, 0.29) is 10.0 Å². The van der Waals surface area contributed by atoms with Crippen LogP contribution in [0.4, 0.5) is 0 Å². The Bertz CT molecular complexity index is 1710. The van der Waals surface area contributed by atoms with E-state index in [0.29, 0.717) is 0 Å². The lowest BCUT2D eigenvalue weighted by Crippen LogP contribution is -2.73. The van der Waals surface area contributed by atoms with Crippen LogP contribution in [0.2, 0.25) is 0 Å². The van der Waals surface area contributed by atoms with Gasteiger partial charge in [-0.2, -0.15) is 0 Å². The van der Waals surface area contributed by atoms with Crippen LogP contribution in [-0.2, 0) is 8.23 Å². The summed E-state index contributed by atoms with van der Waals surface area (Å²) in [6, 6.07) is 56.2. The zero-order valence-corrected chi connectivity index (χ0v) is 29.3. The third-order valence-electron chi connectivity index (χ3n) is 9.15. The predicted molar refractivity (Wildman–Crippen MR) is 195 cm³/mol. The van der Waals surface area contributed by atoms with Crippen LogP contribution in [0.15, 0.2) is 158 Å². The van der Waals surface area contributed by atoms with Gasteiger partial charge in [-0.05, 0) is 81.1 Å². The van der Waals surface area contributed by atoms with Crippen LogP contribution in [0, 0.1) is 27.7 Å². The maximum Gasteiger partial charge on any atom is 0.411 e. The number of benzene rings is 6. The highest BCUT2D eigenvalue weighted by Gasteiger charge is 2.47. The van der Waals surface area contributed by atoms with Gasteiger partial charge in [0.1, 0.15) is 0 Å². The van der Waals surface area contributed by atoms with Crippen LogP contribution >= 0.6 is 0 Å². The van der Waals surface area contributed by atoms with Crippen molar-refractivity contribution in [3.05, 3.63) is 180 Å². The van der Waals surface area contributed by atoms with Crippen molar-refractivity contribution in [1.82, 2.24) is 0 Å². The van der Waals surface area contributed by atoms with Crippen molar-refractivity contribution in [2.75, 3.05) is 0 Å². The van der Waals surface area contributed by atoms with Crippen LogP contribution in [-0.4, -0.2) is 26.6 Å². The normalized spacial score (nSPS) is 11.8. The summed E-state index contributed by atoms with van der Waals surface area (Å²) in [5.74, 6) is 0. The molecule has 0 aliphatic carbocycles. The van der Waals surface area contributed by atoms with Gasteiger partial charge in [0, 0.05) is 0 Å². The van der Waals surface area contributed by atoms with Gasteiger partial charge >= 0.3 is 10.0 Å². The first kappa shape index (κ1) is 30.9. The molecule has 2 radical (unpaired) electrons. The van der Waals surface area contributed by atoms with Crippen molar-refractivity contribution in [1.29, 1.82) is 0 Å². The Kier molecular flexibility index (Phi) is 9.26. The number of hydrogen-bond acceptors (Lipinski definition) is 2. The zero-order chi connectivity index (χ0) is 31.3. The molecule has 2 nitrogen and oxygen atoms in total. The van der Waals surface area contributed by atoms with Crippen LogP contribution < -0.4 is 31.1 Å². The van der Waals surface area contributed by atoms with Crippen molar-refractivity contribution in [3.8, 4) is 0 Å². The van der Waals surface area contributed by atoms with Crippen LogP contribution in [0.3, 0.4) is 0 Å². The Balaban J connectivity index is 1.56. The summed E-state index contributed by atoms with van der Waals surface area (Å²) in [6.45, 7) is 8.95. The van der Waals surface area contributed by atoms with E-state index in [1.807, 2.05) is 0 Å². The lowest BCUT2D eigenvalue weighted by atomic mass is 10.00. The molecule has 222 valence electrons. The highest BCUT2D eigenvalue weighted by Crippen LogP contribution is 2.20.